The van der Waals surface area contributed by atoms with Crippen molar-refractivity contribution in [2.75, 3.05) is 20.0 Å². The summed E-state index contributed by atoms with van der Waals surface area (Å²) >= 11 is 0. The molecule has 0 saturated heterocycles. The van der Waals surface area contributed by atoms with Gasteiger partial charge in [0.2, 0.25) is 0 Å². The highest BCUT2D eigenvalue weighted by Gasteiger charge is 2.15. The Hall–Kier alpha value is -2.17. The van der Waals surface area contributed by atoms with Gasteiger partial charge in [0.25, 0.3) is 0 Å². The summed E-state index contributed by atoms with van der Waals surface area (Å²) in [5.41, 5.74) is 7.46. The number of nitrogens with two attached hydrogens (primary N) is 1. The topological polar surface area (TPSA) is 70.5 Å². The number of nitrogens with zero attached hydrogens (tertiary/aromatic N) is 1. The van der Waals surface area contributed by atoms with Gasteiger partial charge in [0.05, 0.1) is 19.8 Å². The highest BCUT2D eigenvalue weighted by molar-refractivity contribution is 5.70. The molecule has 0 atom stereocenters. The molecule has 1 aromatic carbocycles. The summed E-state index contributed by atoms with van der Waals surface area (Å²) in [5.74, 6) is 2.40. The third-order valence-corrected chi connectivity index (χ3v) is 2.78. The Morgan fingerprint density at radius 2 is 1.89 bits per heavy atom. The first-order chi connectivity index (χ1) is 8.69. The van der Waals surface area contributed by atoms with Crippen LogP contribution >= 0.6 is 0 Å². The van der Waals surface area contributed by atoms with Crippen molar-refractivity contribution in [1.82, 2.24) is 5.16 Å². The summed E-state index contributed by atoms with van der Waals surface area (Å²) < 4.78 is 15.8. The van der Waals surface area contributed by atoms with Crippen LogP contribution in [0.2, 0.25) is 0 Å². The van der Waals surface area contributed by atoms with Crippen molar-refractivity contribution in [1.29, 1.82) is 0 Å². The molecule has 96 valence electrons. The van der Waals surface area contributed by atoms with Crippen LogP contribution in [0.15, 0.2) is 22.7 Å². The van der Waals surface area contributed by atoms with Crippen LogP contribution in [0, 0.1) is 0 Å². The van der Waals surface area contributed by atoms with E-state index in [0.717, 1.165) is 23.3 Å². The van der Waals surface area contributed by atoms with Crippen molar-refractivity contribution in [3.05, 3.63) is 23.8 Å². The average Bonchev–Trinajstić information content (AvgIpc) is 2.83. The van der Waals surface area contributed by atoms with E-state index in [1.807, 2.05) is 12.1 Å². The SMILES string of the molecule is CCc1cc(-c2cc(N)no2)c(OC)cc1OC. The number of rotatable bonds is 4. The Bertz CT molecular complexity index is 549. The molecule has 18 heavy (non-hydrogen) atoms. The molecule has 0 spiro atoms. The average molecular weight is 248 g/mol. The van der Waals surface area contributed by atoms with E-state index in [4.69, 9.17) is 19.7 Å². The largest absolute Gasteiger partial charge is 0.496 e. The summed E-state index contributed by atoms with van der Waals surface area (Å²) in [7, 11) is 3.24. The van der Waals surface area contributed by atoms with Crippen LogP contribution in [0.25, 0.3) is 11.3 Å². The second-order valence-electron chi connectivity index (χ2n) is 3.83. The summed E-state index contributed by atoms with van der Waals surface area (Å²) in [6, 6.07) is 5.48. The lowest BCUT2D eigenvalue weighted by atomic mass is 10.0. The normalized spacial score (nSPS) is 10.4. The number of hydrogen-bond acceptors (Lipinski definition) is 5. The van der Waals surface area contributed by atoms with Crippen molar-refractivity contribution in [2.45, 2.75) is 13.3 Å². The van der Waals surface area contributed by atoms with E-state index in [1.54, 1.807) is 20.3 Å². The number of aromatic nitrogens is 1. The minimum atomic E-state index is 0.348. The summed E-state index contributed by atoms with van der Waals surface area (Å²) in [4.78, 5) is 0. The standard InChI is InChI=1S/C13H16N2O3/c1-4-8-5-9(12-7-13(14)15-18-12)11(17-3)6-10(8)16-2/h5-7H,4H2,1-3H3,(H2,14,15). The first kappa shape index (κ1) is 12.3. The summed E-state index contributed by atoms with van der Waals surface area (Å²) in [6.45, 7) is 2.06. The minimum absolute atomic E-state index is 0.348. The number of hydrogen-bond donors (Lipinski definition) is 1. The van der Waals surface area contributed by atoms with Crippen LogP contribution < -0.4 is 15.2 Å². The molecule has 0 radical (unpaired) electrons. The van der Waals surface area contributed by atoms with Crippen molar-refractivity contribution in [2.24, 2.45) is 0 Å². The van der Waals surface area contributed by atoms with E-state index in [2.05, 4.69) is 12.1 Å². The Balaban J connectivity index is 2.58. The molecule has 0 unspecified atom stereocenters. The van der Waals surface area contributed by atoms with Crippen molar-refractivity contribution in [3.8, 4) is 22.8 Å². The number of ether oxygens (including phenoxy) is 2. The molecule has 0 bridgehead atoms. The van der Waals surface area contributed by atoms with Gasteiger partial charge in [0.1, 0.15) is 11.5 Å². The number of anilines is 1. The maximum atomic E-state index is 5.56. The lowest BCUT2D eigenvalue weighted by Crippen LogP contribution is -1.95. The van der Waals surface area contributed by atoms with Crippen LogP contribution in [0.1, 0.15) is 12.5 Å². The Morgan fingerprint density at radius 1 is 1.17 bits per heavy atom. The lowest BCUT2D eigenvalue weighted by Gasteiger charge is -2.12. The maximum absolute atomic E-state index is 5.56. The van der Waals surface area contributed by atoms with Gasteiger partial charge in [-0.2, -0.15) is 0 Å². The fraction of sp³-hybridized carbons (Fsp3) is 0.308. The molecule has 2 N–H and O–H groups in total. The molecule has 2 aromatic rings. The van der Waals surface area contributed by atoms with Crippen LogP contribution in [0.3, 0.4) is 0 Å². The minimum Gasteiger partial charge on any atom is -0.496 e. The highest BCUT2D eigenvalue weighted by atomic mass is 16.5. The van der Waals surface area contributed by atoms with Gasteiger partial charge < -0.3 is 19.7 Å². The van der Waals surface area contributed by atoms with Gasteiger partial charge in [-0.3, -0.25) is 0 Å². The number of benzene rings is 1. The molecule has 0 aliphatic carbocycles. The molecule has 2 rings (SSSR count). The Kier molecular flexibility index (Phi) is 3.41. The van der Waals surface area contributed by atoms with Gasteiger partial charge in [0, 0.05) is 12.1 Å². The second kappa shape index (κ2) is 5.00. The number of aryl methyl sites for hydroxylation is 1. The van der Waals surface area contributed by atoms with E-state index in [0.29, 0.717) is 17.3 Å². The maximum Gasteiger partial charge on any atom is 0.172 e. The quantitative estimate of drug-likeness (QED) is 0.900. The van der Waals surface area contributed by atoms with Gasteiger partial charge in [-0.1, -0.05) is 12.1 Å². The lowest BCUT2D eigenvalue weighted by molar-refractivity contribution is 0.389. The highest BCUT2D eigenvalue weighted by Crippen LogP contribution is 2.36. The third kappa shape index (κ3) is 2.11. The predicted octanol–water partition coefficient (Wildman–Crippen LogP) is 2.50. The van der Waals surface area contributed by atoms with Gasteiger partial charge in [-0.25, -0.2) is 0 Å². The molecule has 1 aromatic heterocycles. The van der Waals surface area contributed by atoms with Crippen molar-refractivity contribution in [3.63, 3.8) is 0 Å². The summed E-state index contributed by atoms with van der Waals surface area (Å²) in [5, 5.41) is 3.68. The molecular weight excluding hydrogens is 232 g/mol. The van der Waals surface area contributed by atoms with Gasteiger partial charge in [-0.15, -0.1) is 0 Å². The zero-order chi connectivity index (χ0) is 13.1. The Labute approximate surface area is 105 Å². The van der Waals surface area contributed by atoms with Crippen LogP contribution in [0.4, 0.5) is 5.82 Å². The number of methoxy groups -OCH3 is 2. The molecule has 1 heterocycles. The molecule has 0 amide bonds. The smallest absolute Gasteiger partial charge is 0.172 e. The van der Waals surface area contributed by atoms with Gasteiger partial charge in [0.15, 0.2) is 11.6 Å². The van der Waals surface area contributed by atoms with E-state index in [-0.39, 0.29) is 0 Å². The summed E-state index contributed by atoms with van der Waals surface area (Å²) in [6.07, 6.45) is 0.851. The van der Waals surface area contributed by atoms with E-state index >= 15 is 0 Å². The van der Waals surface area contributed by atoms with Crippen LogP contribution in [-0.4, -0.2) is 19.4 Å². The zero-order valence-electron chi connectivity index (χ0n) is 10.7. The molecule has 0 fully saturated rings. The molecule has 0 aliphatic heterocycles. The number of nitrogen functional groups attached to an aromatic ring is 1. The van der Waals surface area contributed by atoms with Crippen molar-refractivity contribution < 1.29 is 14.0 Å². The molecule has 5 nitrogen and oxygen atoms in total. The molecule has 5 heteroatoms. The first-order valence-electron chi connectivity index (χ1n) is 5.67. The Morgan fingerprint density at radius 3 is 2.39 bits per heavy atom. The van der Waals surface area contributed by atoms with Crippen molar-refractivity contribution >= 4 is 5.82 Å². The van der Waals surface area contributed by atoms with Gasteiger partial charge in [-0.05, 0) is 18.1 Å². The van der Waals surface area contributed by atoms with E-state index in [1.165, 1.54) is 0 Å². The van der Waals surface area contributed by atoms with Crippen LogP contribution in [0.5, 0.6) is 11.5 Å². The second-order valence-corrected chi connectivity index (χ2v) is 3.83. The molecular formula is C13H16N2O3. The molecule has 0 saturated carbocycles. The fourth-order valence-electron chi connectivity index (χ4n) is 1.85. The first-order valence-corrected chi connectivity index (χ1v) is 5.67. The molecule has 0 aliphatic rings. The van der Waals surface area contributed by atoms with E-state index in [9.17, 15) is 0 Å². The predicted molar refractivity (Wildman–Crippen MR) is 68.8 cm³/mol. The fourth-order valence-corrected chi connectivity index (χ4v) is 1.85. The zero-order valence-corrected chi connectivity index (χ0v) is 10.7. The monoisotopic (exact) mass is 248 g/mol. The van der Waals surface area contributed by atoms with Crippen LogP contribution in [-0.2, 0) is 6.42 Å². The third-order valence-electron chi connectivity index (χ3n) is 2.78. The van der Waals surface area contributed by atoms with E-state index < -0.39 is 0 Å². The van der Waals surface area contributed by atoms with Gasteiger partial charge >= 0.3 is 0 Å².